The first-order valence-electron chi connectivity index (χ1n) is 8.02. The third-order valence-corrected chi connectivity index (χ3v) is 5.95. The Balaban J connectivity index is 1.87. The van der Waals surface area contributed by atoms with Crippen LogP contribution in [0, 0.1) is 5.41 Å². The molecular formula is C15H30N2OS. The number of nitrogens with one attached hydrogen (secondary N) is 1. The van der Waals surface area contributed by atoms with Crippen LogP contribution in [-0.2, 0) is 10.8 Å². The van der Waals surface area contributed by atoms with Gasteiger partial charge in [0.1, 0.15) is 0 Å². The van der Waals surface area contributed by atoms with E-state index >= 15 is 0 Å². The highest BCUT2D eigenvalue weighted by Crippen LogP contribution is 2.36. The fourth-order valence-electron chi connectivity index (χ4n) is 3.53. The predicted octanol–water partition coefficient (Wildman–Crippen LogP) is 2.00. The summed E-state index contributed by atoms with van der Waals surface area (Å²) < 4.78 is 11.5. The molecule has 0 spiro atoms. The minimum Gasteiger partial charge on any atom is -0.316 e. The molecule has 0 aromatic rings. The van der Waals surface area contributed by atoms with Gasteiger partial charge in [-0.05, 0) is 31.2 Å². The number of rotatable bonds is 6. The summed E-state index contributed by atoms with van der Waals surface area (Å²) in [5, 5.41) is 3.66. The molecule has 3 nitrogen and oxygen atoms in total. The quantitative estimate of drug-likeness (QED) is 0.758. The molecule has 1 N–H and O–H groups in total. The lowest BCUT2D eigenvalue weighted by atomic mass is 9.73. The van der Waals surface area contributed by atoms with E-state index in [1.807, 2.05) is 0 Å². The lowest BCUT2D eigenvalue weighted by molar-refractivity contribution is 0.108. The molecule has 4 heteroatoms. The molecule has 1 saturated heterocycles. The highest BCUT2D eigenvalue weighted by Gasteiger charge is 2.34. The third kappa shape index (κ3) is 4.83. The molecule has 112 valence electrons. The summed E-state index contributed by atoms with van der Waals surface area (Å²) in [6.45, 7) is 7.87. The summed E-state index contributed by atoms with van der Waals surface area (Å²) in [6.07, 6.45) is 8.19. The largest absolute Gasteiger partial charge is 0.316 e. The van der Waals surface area contributed by atoms with Gasteiger partial charge in [0.05, 0.1) is 0 Å². The summed E-state index contributed by atoms with van der Waals surface area (Å²) >= 11 is 0. The van der Waals surface area contributed by atoms with Crippen LogP contribution in [0.2, 0.25) is 0 Å². The molecule has 0 bridgehead atoms. The van der Waals surface area contributed by atoms with Crippen LogP contribution in [0.1, 0.15) is 45.4 Å². The maximum absolute atomic E-state index is 11.5. The Morgan fingerprint density at radius 1 is 1.16 bits per heavy atom. The van der Waals surface area contributed by atoms with Gasteiger partial charge in [0.2, 0.25) is 0 Å². The molecule has 2 fully saturated rings. The molecule has 2 aliphatic rings. The third-order valence-electron chi connectivity index (χ3n) is 4.67. The van der Waals surface area contributed by atoms with E-state index in [1.165, 1.54) is 51.6 Å². The summed E-state index contributed by atoms with van der Waals surface area (Å²) in [5.74, 6) is 1.77. The molecule has 2 rings (SSSR count). The van der Waals surface area contributed by atoms with Gasteiger partial charge in [0, 0.05) is 48.5 Å². The molecule has 1 aliphatic carbocycles. The standard InChI is InChI=1S/C15H30N2OS/c1-2-8-16-13-15(6-4-3-5-7-15)14-17-9-11-19(18)12-10-17/h16H,2-14H2,1H3. The molecule has 0 radical (unpaired) electrons. The first-order chi connectivity index (χ1) is 9.24. The highest BCUT2D eigenvalue weighted by molar-refractivity contribution is 7.85. The molecule has 1 heterocycles. The summed E-state index contributed by atoms with van der Waals surface area (Å²) in [5.41, 5.74) is 0.492. The fraction of sp³-hybridized carbons (Fsp3) is 1.00. The van der Waals surface area contributed by atoms with Crippen LogP contribution in [0.4, 0.5) is 0 Å². The lowest BCUT2D eigenvalue weighted by Gasteiger charge is -2.42. The van der Waals surface area contributed by atoms with Crippen LogP contribution in [0.25, 0.3) is 0 Å². The van der Waals surface area contributed by atoms with E-state index < -0.39 is 10.8 Å². The van der Waals surface area contributed by atoms with Crippen LogP contribution in [-0.4, -0.2) is 53.3 Å². The summed E-state index contributed by atoms with van der Waals surface area (Å²) in [4.78, 5) is 2.57. The average Bonchev–Trinajstić information content (AvgIpc) is 2.43. The lowest BCUT2D eigenvalue weighted by Crippen LogP contribution is -2.49. The summed E-state index contributed by atoms with van der Waals surface area (Å²) in [6, 6.07) is 0. The summed E-state index contributed by atoms with van der Waals surface area (Å²) in [7, 11) is -0.545. The van der Waals surface area contributed by atoms with Crippen LogP contribution >= 0.6 is 0 Å². The van der Waals surface area contributed by atoms with Crippen molar-refractivity contribution in [2.24, 2.45) is 5.41 Å². The smallest absolute Gasteiger partial charge is 0.0363 e. The minimum atomic E-state index is -0.545. The molecule has 0 aromatic heterocycles. The second kappa shape index (κ2) is 7.75. The molecular weight excluding hydrogens is 256 g/mol. The van der Waals surface area contributed by atoms with E-state index in [-0.39, 0.29) is 0 Å². The Labute approximate surface area is 121 Å². The fourth-order valence-corrected chi connectivity index (χ4v) is 4.66. The van der Waals surface area contributed by atoms with Gasteiger partial charge < -0.3 is 10.2 Å². The van der Waals surface area contributed by atoms with Crippen molar-refractivity contribution >= 4 is 10.8 Å². The van der Waals surface area contributed by atoms with Gasteiger partial charge in [-0.2, -0.15) is 0 Å². The van der Waals surface area contributed by atoms with Crippen LogP contribution in [0.15, 0.2) is 0 Å². The topological polar surface area (TPSA) is 32.3 Å². The Kier molecular flexibility index (Phi) is 6.30. The van der Waals surface area contributed by atoms with E-state index in [2.05, 4.69) is 17.1 Å². The number of hydrogen-bond donors (Lipinski definition) is 1. The van der Waals surface area contributed by atoms with E-state index in [0.717, 1.165) is 31.1 Å². The molecule has 0 unspecified atom stereocenters. The first-order valence-corrected chi connectivity index (χ1v) is 9.51. The van der Waals surface area contributed by atoms with Crippen molar-refractivity contribution in [3.8, 4) is 0 Å². The SMILES string of the molecule is CCCNCC1(CN2CCS(=O)CC2)CCCCC1. The maximum Gasteiger partial charge on any atom is 0.0363 e. The van der Waals surface area contributed by atoms with E-state index in [1.54, 1.807) is 0 Å². The van der Waals surface area contributed by atoms with Gasteiger partial charge in [0.15, 0.2) is 0 Å². The van der Waals surface area contributed by atoms with Crippen molar-refractivity contribution in [1.82, 2.24) is 10.2 Å². The Morgan fingerprint density at radius 3 is 2.47 bits per heavy atom. The molecule has 1 aliphatic heterocycles. The van der Waals surface area contributed by atoms with E-state index in [0.29, 0.717) is 5.41 Å². The first kappa shape index (κ1) is 15.5. The molecule has 0 atom stereocenters. The van der Waals surface area contributed by atoms with Gasteiger partial charge in [-0.15, -0.1) is 0 Å². The predicted molar refractivity (Wildman–Crippen MR) is 83.0 cm³/mol. The number of nitrogens with zero attached hydrogens (tertiary/aromatic N) is 1. The van der Waals surface area contributed by atoms with Crippen LogP contribution in [0.5, 0.6) is 0 Å². The van der Waals surface area contributed by atoms with Gasteiger partial charge >= 0.3 is 0 Å². The van der Waals surface area contributed by atoms with Crippen molar-refractivity contribution in [2.75, 3.05) is 44.2 Å². The van der Waals surface area contributed by atoms with Crippen molar-refractivity contribution in [1.29, 1.82) is 0 Å². The molecule has 0 aromatic carbocycles. The molecule has 0 amide bonds. The van der Waals surface area contributed by atoms with Crippen molar-refractivity contribution in [2.45, 2.75) is 45.4 Å². The molecule has 1 saturated carbocycles. The van der Waals surface area contributed by atoms with Gasteiger partial charge in [-0.3, -0.25) is 4.21 Å². The number of hydrogen-bond acceptors (Lipinski definition) is 3. The van der Waals surface area contributed by atoms with Crippen molar-refractivity contribution < 1.29 is 4.21 Å². The Hall–Kier alpha value is 0.0700. The van der Waals surface area contributed by atoms with Crippen molar-refractivity contribution in [3.63, 3.8) is 0 Å². The average molecular weight is 286 g/mol. The monoisotopic (exact) mass is 286 g/mol. The zero-order valence-corrected chi connectivity index (χ0v) is 13.3. The normalized spacial score (nSPS) is 25.5. The highest BCUT2D eigenvalue weighted by atomic mass is 32.2. The van der Waals surface area contributed by atoms with Crippen LogP contribution in [0.3, 0.4) is 0 Å². The van der Waals surface area contributed by atoms with Gasteiger partial charge in [-0.1, -0.05) is 26.2 Å². The Morgan fingerprint density at radius 2 is 1.84 bits per heavy atom. The Bertz CT molecular complexity index is 280. The van der Waals surface area contributed by atoms with E-state index in [9.17, 15) is 4.21 Å². The van der Waals surface area contributed by atoms with E-state index in [4.69, 9.17) is 0 Å². The van der Waals surface area contributed by atoms with Crippen molar-refractivity contribution in [3.05, 3.63) is 0 Å². The second-order valence-electron chi connectivity index (χ2n) is 6.36. The zero-order valence-electron chi connectivity index (χ0n) is 12.5. The van der Waals surface area contributed by atoms with Gasteiger partial charge in [0.25, 0.3) is 0 Å². The van der Waals surface area contributed by atoms with Crippen LogP contribution < -0.4 is 5.32 Å². The second-order valence-corrected chi connectivity index (χ2v) is 8.06. The van der Waals surface area contributed by atoms with Gasteiger partial charge in [-0.25, -0.2) is 0 Å². The minimum absolute atomic E-state index is 0.492. The zero-order chi connectivity index (χ0) is 13.6. The maximum atomic E-state index is 11.5. The molecule has 19 heavy (non-hydrogen) atoms.